The van der Waals surface area contributed by atoms with Crippen molar-refractivity contribution in [2.75, 3.05) is 11.5 Å². The molecule has 0 N–H and O–H groups in total. The van der Waals surface area contributed by atoms with Gasteiger partial charge in [0.2, 0.25) is 0 Å². The third-order valence-corrected chi connectivity index (χ3v) is 26.9. The molecule has 0 unspecified atom stereocenters. The molecule has 0 aromatic carbocycles. The predicted octanol–water partition coefficient (Wildman–Crippen LogP) is 4.31. The molecule has 1 aliphatic rings. The average Bonchev–Trinajstić information content (AvgIpc) is 2.31. The summed E-state index contributed by atoms with van der Waals surface area (Å²) in [6, 6.07) is 0. The molecular weight excluding hydrogens is 446 g/mol. The molecule has 1 aliphatic heterocycles. The van der Waals surface area contributed by atoms with E-state index < -0.39 is 0 Å². The minimum absolute atomic E-state index is 0.0728. The van der Waals surface area contributed by atoms with Gasteiger partial charge >= 0.3 is 132 Å². The fraction of sp³-hybridized carbons (Fsp3) is 1.00. The maximum absolute atomic E-state index is 2.43. The molecule has 1 fully saturated rings. The van der Waals surface area contributed by atoms with Crippen LogP contribution in [0.15, 0.2) is 0 Å². The second kappa shape index (κ2) is 10.1. The van der Waals surface area contributed by atoms with Gasteiger partial charge in [-0.2, -0.15) is 0 Å². The fourth-order valence-electron chi connectivity index (χ4n) is 1.66. The molecule has 0 aromatic heterocycles. The molecule has 1 heterocycles. The van der Waals surface area contributed by atoms with Crippen LogP contribution in [-0.2, 0) is 0 Å². The molecule has 0 atom stereocenters. The average molecular weight is 470 g/mol. The van der Waals surface area contributed by atoms with Crippen molar-refractivity contribution < 1.29 is 0 Å². The van der Waals surface area contributed by atoms with Gasteiger partial charge in [0.05, 0.1) is 0 Å². The van der Waals surface area contributed by atoms with Crippen LogP contribution in [0.25, 0.3) is 0 Å². The van der Waals surface area contributed by atoms with Crippen LogP contribution in [0.1, 0.15) is 46.0 Å². The third-order valence-electron chi connectivity index (χ3n) is 2.68. The van der Waals surface area contributed by atoms with Gasteiger partial charge < -0.3 is 0 Å². The normalized spacial score (nSPS) is 19.9. The van der Waals surface area contributed by atoms with Crippen molar-refractivity contribution in [3.05, 3.63) is 0 Å². The first kappa shape index (κ1) is 16.4. The van der Waals surface area contributed by atoms with Crippen molar-refractivity contribution in [3.8, 4) is 0 Å². The van der Waals surface area contributed by atoms with Gasteiger partial charge in [-0.1, -0.05) is 0 Å². The van der Waals surface area contributed by atoms with Crippen LogP contribution in [-0.4, -0.2) is 53.9 Å². The second-order valence-corrected chi connectivity index (χ2v) is 24.5. The Labute approximate surface area is 131 Å². The zero-order valence-corrected chi connectivity index (χ0v) is 18.0. The fourth-order valence-corrected chi connectivity index (χ4v) is 26.4. The first-order valence-corrected chi connectivity index (χ1v) is 15.5. The summed E-state index contributed by atoms with van der Waals surface area (Å²) in [6.45, 7) is 4.70. The zero-order valence-electron chi connectivity index (χ0n) is 10.7. The van der Waals surface area contributed by atoms with E-state index >= 15 is 0 Å². The van der Waals surface area contributed by atoms with Gasteiger partial charge in [0.15, 0.2) is 0 Å². The van der Waals surface area contributed by atoms with E-state index in [9.17, 15) is 0 Å². The van der Waals surface area contributed by atoms with Crippen LogP contribution in [0.3, 0.4) is 0 Å². The monoisotopic (exact) mass is 472 g/mol. The predicted molar refractivity (Wildman–Crippen MR) is 83.2 cm³/mol. The second-order valence-electron chi connectivity index (χ2n) is 4.23. The van der Waals surface area contributed by atoms with Crippen LogP contribution < -0.4 is 0 Å². The Hall–Kier alpha value is 2.30. The Morgan fingerprint density at radius 1 is 0.938 bits per heavy atom. The number of rotatable bonds is 8. The minimum atomic E-state index is -0.0728. The molecule has 0 nitrogen and oxygen atoms in total. The van der Waals surface area contributed by atoms with Crippen molar-refractivity contribution in [3.63, 3.8) is 0 Å². The van der Waals surface area contributed by atoms with Crippen molar-refractivity contribution in [1.82, 2.24) is 0 Å². The molecule has 4 heteroatoms. The molecule has 1 saturated heterocycles. The summed E-state index contributed by atoms with van der Waals surface area (Å²) >= 11 is 4.71. The Balaban J connectivity index is 2.33. The first-order valence-electron chi connectivity index (χ1n) is 6.61. The van der Waals surface area contributed by atoms with Gasteiger partial charge in [0.1, 0.15) is 0 Å². The van der Waals surface area contributed by atoms with E-state index in [0.29, 0.717) is 0 Å². The summed E-state index contributed by atoms with van der Waals surface area (Å²) in [6.07, 6.45) is 7.39. The summed E-state index contributed by atoms with van der Waals surface area (Å²) in [5.74, 6) is 2.99. The molecule has 0 amide bonds. The van der Waals surface area contributed by atoms with Gasteiger partial charge in [-0.3, -0.25) is 0 Å². The van der Waals surface area contributed by atoms with Gasteiger partial charge in [0, 0.05) is 0 Å². The molecule has 0 aromatic rings. The summed E-state index contributed by atoms with van der Waals surface area (Å²) in [5.41, 5.74) is 0. The van der Waals surface area contributed by atoms with E-state index in [1.54, 1.807) is 8.87 Å². The van der Waals surface area contributed by atoms with E-state index in [1.807, 2.05) is 0 Å². The first-order chi connectivity index (χ1) is 7.83. The zero-order chi connectivity index (χ0) is 11.7. The van der Waals surface area contributed by atoms with Gasteiger partial charge in [0.25, 0.3) is 0 Å². The van der Waals surface area contributed by atoms with E-state index in [4.69, 9.17) is 0 Å². The summed E-state index contributed by atoms with van der Waals surface area (Å²) in [7, 11) is 0. The summed E-state index contributed by atoms with van der Waals surface area (Å²) in [4.78, 5) is 0. The van der Waals surface area contributed by atoms with E-state index in [1.165, 1.54) is 43.6 Å². The topological polar surface area (TPSA) is 0 Å². The standard InChI is InChI=1S/C4H6S2.2C4H9.2Sn/c1-2-5-4-6-3-1;2*1-3-4-2;;/h1-3H2;2*1,3-4H2,2H3;;. The number of hydrogen-bond acceptors (Lipinski definition) is 2. The third kappa shape index (κ3) is 6.46. The van der Waals surface area contributed by atoms with Crippen molar-refractivity contribution in [2.45, 2.75) is 54.9 Å². The Morgan fingerprint density at radius 3 is 1.88 bits per heavy atom. The molecule has 0 aliphatic carbocycles. The molecule has 0 spiro atoms. The molecule has 92 valence electrons. The quantitative estimate of drug-likeness (QED) is 0.384. The van der Waals surface area contributed by atoms with Crippen LogP contribution >= 0.6 is 23.5 Å². The van der Waals surface area contributed by atoms with Crippen molar-refractivity contribution >= 4 is 65.8 Å². The van der Waals surface area contributed by atoms with E-state index in [-0.39, 0.29) is 42.3 Å². The van der Waals surface area contributed by atoms with Gasteiger partial charge in [-0.25, -0.2) is 0 Å². The summed E-state index contributed by atoms with van der Waals surface area (Å²) in [5, 5.41) is 0. The molecular formula is C12H24S2Sn2. The summed E-state index contributed by atoms with van der Waals surface area (Å²) < 4.78 is 4.27. The molecule has 1 rings (SSSR count). The molecule has 16 heavy (non-hydrogen) atoms. The van der Waals surface area contributed by atoms with Crippen LogP contribution in [0.2, 0.25) is 8.87 Å². The molecule has 4 radical (unpaired) electrons. The number of unbranched alkanes of at least 4 members (excludes halogenated alkanes) is 2. The Kier molecular flexibility index (Phi) is 10.4. The van der Waals surface area contributed by atoms with Crippen molar-refractivity contribution in [1.29, 1.82) is 0 Å². The van der Waals surface area contributed by atoms with Gasteiger partial charge in [-0.05, 0) is 0 Å². The Bertz CT molecular complexity index is 158. The van der Waals surface area contributed by atoms with Crippen LogP contribution in [0.5, 0.6) is 0 Å². The van der Waals surface area contributed by atoms with Crippen LogP contribution in [0, 0.1) is 0 Å². The number of thioether (sulfide) groups is 2. The van der Waals surface area contributed by atoms with E-state index in [2.05, 4.69) is 37.4 Å². The van der Waals surface area contributed by atoms with Crippen molar-refractivity contribution in [2.24, 2.45) is 0 Å². The van der Waals surface area contributed by atoms with Gasteiger partial charge in [-0.15, -0.1) is 0 Å². The Morgan fingerprint density at radius 2 is 1.44 bits per heavy atom. The maximum atomic E-state index is 2.43. The van der Waals surface area contributed by atoms with Crippen LogP contribution in [0.4, 0.5) is 0 Å². The number of hydrogen-bond donors (Lipinski definition) is 0. The molecule has 0 saturated carbocycles. The van der Waals surface area contributed by atoms with E-state index in [0.717, 1.165) is 0.111 Å². The molecule has 0 bridgehead atoms. The SMILES string of the molecule is CCC[CH2][Sn][C]1([Sn][CH2]CCC)SCCCS1.